The van der Waals surface area contributed by atoms with Crippen LogP contribution in [0.15, 0.2) is 18.5 Å². The molecule has 0 radical (unpaired) electrons. The minimum absolute atomic E-state index is 0.0725. The first-order chi connectivity index (χ1) is 8.72. The lowest BCUT2D eigenvalue weighted by atomic mass is 10.2. The molecule has 0 unspecified atom stereocenters. The molecule has 5 heteroatoms. The molecule has 0 saturated heterocycles. The monoisotopic (exact) mass is 248 g/mol. The maximum absolute atomic E-state index is 12.0. The Kier molecular flexibility index (Phi) is 4.15. The van der Waals surface area contributed by atoms with Gasteiger partial charge in [-0.25, -0.2) is 0 Å². The Morgan fingerprint density at radius 1 is 1.56 bits per heavy atom. The van der Waals surface area contributed by atoms with Gasteiger partial charge in [-0.3, -0.25) is 9.78 Å². The number of likely N-dealkylation sites (N-methyl/N-ethyl adjacent to an activating group) is 1. The number of rotatable bonds is 6. The zero-order valence-electron chi connectivity index (χ0n) is 10.9. The predicted molar refractivity (Wildman–Crippen MR) is 71.8 cm³/mol. The van der Waals surface area contributed by atoms with Crippen LogP contribution in [0.5, 0.6) is 0 Å². The lowest BCUT2D eigenvalue weighted by Crippen LogP contribution is -2.34. The standard InChI is InChI=1S/C13H20N4O/c1-14-12-5-6-15-9-11(12)13(18)16-7-8-17(2)10-3-4-10/h5-6,9-10H,3-4,7-8H2,1-2H3,(H,14,15)(H,16,18). The highest BCUT2D eigenvalue weighted by molar-refractivity contribution is 5.99. The molecule has 2 N–H and O–H groups in total. The van der Waals surface area contributed by atoms with E-state index in [4.69, 9.17) is 0 Å². The van der Waals surface area contributed by atoms with E-state index in [0.717, 1.165) is 18.3 Å². The summed E-state index contributed by atoms with van der Waals surface area (Å²) in [6, 6.07) is 2.53. The molecule has 2 rings (SSSR count). The first kappa shape index (κ1) is 12.8. The molecule has 1 aliphatic rings. The summed E-state index contributed by atoms with van der Waals surface area (Å²) >= 11 is 0. The van der Waals surface area contributed by atoms with Crippen LogP contribution in [-0.2, 0) is 0 Å². The summed E-state index contributed by atoms with van der Waals surface area (Å²) in [7, 11) is 3.90. The van der Waals surface area contributed by atoms with Crippen LogP contribution in [0.4, 0.5) is 5.69 Å². The fourth-order valence-corrected chi connectivity index (χ4v) is 1.93. The van der Waals surface area contributed by atoms with Gasteiger partial charge in [0.25, 0.3) is 5.91 Å². The van der Waals surface area contributed by atoms with Crippen LogP contribution in [0.1, 0.15) is 23.2 Å². The number of hydrogen-bond donors (Lipinski definition) is 2. The zero-order valence-corrected chi connectivity index (χ0v) is 10.9. The normalized spacial score (nSPS) is 14.6. The third-order valence-electron chi connectivity index (χ3n) is 3.26. The van der Waals surface area contributed by atoms with Gasteiger partial charge in [-0.15, -0.1) is 0 Å². The minimum atomic E-state index is -0.0725. The van der Waals surface area contributed by atoms with Crippen LogP contribution >= 0.6 is 0 Å². The van der Waals surface area contributed by atoms with E-state index in [1.54, 1.807) is 25.5 Å². The van der Waals surface area contributed by atoms with E-state index in [2.05, 4.69) is 27.6 Å². The first-order valence-electron chi connectivity index (χ1n) is 6.32. The van der Waals surface area contributed by atoms with E-state index in [1.165, 1.54) is 12.8 Å². The van der Waals surface area contributed by atoms with Gasteiger partial charge in [0.1, 0.15) is 0 Å². The van der Waals surface area contributed by atoms with Crippen molar-refractivity contribution in [3.8, 4) is 0 Å². The molecule has 1 aliphatic carbocycles. The maximum atomic E-state index is 12.0. The Hall–Kier alpha value is -1.62. The molecule has 1 saturated carbocycles. The number of carbonyl (C=O) groups is 1. The van der Waals surface area contributed by atoms with Gasteiger partial charge in [-0.2, -0.15) is 0 Å². The Labute approximate surface area is 108 Å². The topological polar surface area (TPSA) is 57.3 Å². The molecule has 0 aromatic carbocycles. The highest BCUT2D eigenvalue weighted by Crippen LogP contribution is 2.24. The number of nitrogens with one attached hydrogen (secondary N) is 2. The Morgan fingerprint density at radius 3 is 3.00 bits per heavy atom. The van der Waals surface area contributed by atoms with Gasteiger partial charge in [0.05, 0.1) is 5.56 Å². The van der Waals surface area contributed by atoms with Crippen molar-refractivity contribution >= 4 is 11.6 Å². The van der Waals surface area contributed by atoms with E-state index in [1.807, 2.05) is 0 Å². The lowest BCUT2D eigenvalue weighted by molar-refractivity contribution is 0.0950. The van der Waals surface area contributed by atoms with Gasteiger partial charge < -0.3 is 15.5 Å². The van der Waals surface area contributed by atoms with E-state index < -0.39 is 0 Å². The van der Waals surface area contributed by atoms with E-state index in [-0.39, 0.29) is 5.91 Å². The Bertz CT molecular complexity index is 417. The van der Waals surface area contributed by atoms with Crippen LogP contribution in [-0.4, -0.2) is 49.0 Å². The molecule has 1 heterocycles. The maximum Gasteiger partial charge on any atom is 0.254 e. The summed E-state index contributed by atoms with van der Waals surface area (Å²) in [6.45, 7) is 1.56. The molecule has 98 valence electrons. The summed E-state index contributed by atoms with van der Waals surface area (Å²) in [6.07, 6.45) is 5.84. The number of hydrogen-bond acceptors (Lipinski definition) is 4. The summed E-state index contributed by atoms with van der Waals surface area (Å²) in [5.74, 6) is -0.0725. The van der Waals surface area contributed by atoms with Gasteiger partial charge in [-0.05, 0) is 26.0 Å². The quantitative estimate of drug-likeness (QED) is 0.787. The van der Waals surface area contributed by atoms with Crippen LogP contribution in [0.3, 0.4) is 0 Å². The van der Waals surface area contributed by atoms with E-state index >= 15 is 0 Å². The van der Waals surface area contributed by atoms with Crippen molar-refractivity contribution in [2.75, 3.05) is 32.5 Å². The van der Waals surface area contributed by atoms with E-state index in [0.29, 0.717) is 12.1 Å². The molecule has 1 fully saturated rings. The number of aromatic nitrogens is 1. The molecule has 0 aliphatic heterocycles. The zero-order chi connectivity index (χ0) is 13.0. The smallest absolute Gasteiger partial charge is 0.254 e. The first-order valence-corrected chi connectivity index (χ1v) is 6.32. The molecule has 18 heavy (non-hydrogen) atoms. The van der Waals surface area contributed by atoms with Crippen molar-refractivity contribution in [2.45, 2.75) is 18.9 Å². The van der Waals surface area contributed by atoms with Gasteiger partial charge in [0.15, 0.2) is 0 Å². The molecule has 0 atom stereocenters. The van der Waals surface area contributed by atoms with Gasteiger partial charge in [-0.1, -0.05) is 0 Å². The van der Waals surface area contributed by atoms with Gasteiger partial charge >= 0.3 is 0 Å². The predicted octanol–water partition coefficient (Wildman–Crippen LogP) is 0.947. The summed E-state index contributed by atoms with van der Waals surface area (Å²) in [4.78, 5) is 18.3. The average molecular weight is 248 g/mol. The van der Waals surface area contributed by atoms with Crippen LogP contribution in [0.25, 0.3) is 0 Å². The van der Waals surface area contributed by atoms with Crippen molar-refractivity contribution in [1.29, 1.82) is 0 Å². The van der Waals surface area contributed by atoms with Crippen LogP contribution in [0.2, 0.25) is 0 Å². The highest BCUT2D eigenvalue weighted by atomic mass is 16.1. The van der Waals surface area contributed by atoms with E-state index in [9.17, 15) is 4.79 Å². The van der Waals surface area contributed by atoms with Gasteiger partial charge in [0.2, 0.25) is 0 Å². The molecule has 1 aromatic rings. The fourth-order valence-electron chi connectivity index (χ4n) is 1.93. The second-order valence-corrected chi connectivity index (χ2v) is 4.64. The second-order valence-electron chi connectivity index (χ2n) is 4.64. The number of carbonyl (C=O) groups excluding carboxylic acids is 1. The second kappa shape index (κ2) is 5.82. The summed E-state index contributed by atoms with van der Waals surface area (Å²) in [5.41, 5.74) is 1.40. The molecular formula is C13H20N4O. The molecule has 1 aromatic heterocycles. The van der Waals surface area contributed by atoms with Crippen LogP contribution < -0.4 is 10.6 Å². The van der Waals surface area contributed by atoms with Crippen molar-refractivity contribution in [2.24, 2.45) is 0 Å². The summed E-state index contributed by atoms with van der Waals surface area (Å²) in [5, 5.41) is 5.92. The third-order valence-corrected chi connectivity index (χ3v) is 3.26. The highest BCUT2D eigenvalue weighted by Gasteiger charge is 2.25. The molecule has 1 amide bonds. The van der Waals surface area contributed by atoms with Crippen molar-refractivity contribution in [1.82, 2.24) is 15.2 Å². The third kappa shape index (κ3) is 3.20. The largest absolute Gasteiger partial charge is 0.387 e. The van der Waals surface area contributed by atoms with Crippen LogP contribution in [0, 0.1) is 0 Å². The Morgan fingerprint density at radius 2 is 2.33 bits per heavy atom. The van der Waals surface area contributed by atoms with Crippen molar-refractivity contribution in [3.05, 3.63) is 24.0 Å². The minimum Gasteiger partial charge on any atom is -0.387 e. The molecule has 0 bridgehead atoms. The van der Waals surface area contributed by atoms with Crippen molar-refractivity contribution < 1.29 is 4.79 Å². The number of anilines is 1. The molecule has 5 nitrogen and oxygen atoms in total. The lowest BCUT2D eigenvalue weighted by Gasteiger charge is -2.16. The number of pyridine rings is 1. The van der Waals surface area contributed by atoms with Crippen molar-refractivity contribution in [3.63, 3.8) is 0 Å². The number of nitrogens with zero attached hydrogens (tertiary/aromatic N) is 2. The summed E-state index contributed by atoms with van der Waals surface area (Å²) < 4.78 is 0. The van der Waals surface area contributed by atoms with Gasteiger partial charge in [0, 0.05) is 44.3 Å². The SMILES string of the molecule is CNc1ccncc1C(=O)NCCN(C)C1CC1. The average Bonchev–Trinajstić information content (AvgIpc) is 3.22. The number of amides is 1. The molecule has 0 spiro atoms. The molecular weight excluding hydrogens is 228 g/mol. The fraction of sp³-hybridized carbons (Fsp3) is 0.538. The Balaban J connectivity index is 1.83.